The van der Waals surface area contributed by atoms with Crippen LogP contribution in [0.3, 0.4) is 0 Å². The lowest BCUT2D eigenvalue weighted by Gasteiger charge is -2.16. The average molecular weight is 304 g/mol. The van der Waals surface area contributed by atoms with Crippen LogP contribution < -0.4 is 15.8 Å². The molecule has 2 aromatic rings. The third-order valence-electron chi connectivity index (χ3n) is 3.12. The van der Waals surface area contributed by atoms with Crippen molar-refractivity contribution in [3.05, 3.63) is 40.1 Å². The number of nitrogen functional groups attached to an aromatic ring is 1. The summed E-state index contributed by atoms with van der Waals surface area (Å²) in [6.45, 7) is 7.13. The van der Waals surface area contributed by atoms with Gasteiger partial charge in [0.2, 0.25) is 0 Å². The van der Waals surface area contributed by atoms with Crippen molar-refractivity contribution in [3.8, 4) is 5.75 Å². The molecule has 1 aromatic carbocycles. The number of hydrogen-bond donors (Lipinski definition) is 2. The second kappa shape index (κ2) is 7.36. The van der Waals surface area contributed by atoms with E-state index in [1.165, 1.54) is 9.75 Å². The molecule has 1 heterocycles. The molecule has 1 unspecified atom stereocenters. The van der Waals surface area contributed by atoms with Gasteiger partial charge in [0.1, 0.15) is 5.75 Å². The summed E-state index contributed by atoms with van der Waals surface area (Å²) in [6.07, 6.45) is 2.00. The van der Waals surface area contributed by atoms with Crippen molar-refractivity contribution in [2.24, 2.45) is 0 Å². The molecule has 1 aromatic heterocycles. The van der Waals surface area contributed by atoms with Crippen LogP contribution in [0.4, 0.5) is 11.4 Å². The Balaban J connectivity index is 1.99. The van der Waals surface area contributed by atoms with Crippen LogP contribution in [0.15, 0.2) is 30.3 Å². The number of nitrogens with one attached hydrogen (secondary N) is 1. The van der Waals surface area contributed by atoms with Gasteiger partial charge in [0, 0.05) is 45.7 Å². The van der Waals surface area contributed by atoms with Gasteiger partial charge in [0.05, 0.1) is 6.61 Å². The Kier molecular flexibility index (Phi) is 5.51. The molecule has 0 spiro atoms. The van der Waals surface area contributed by atoms with Crippen molar-refractivity contribution >= 4 is 22.7 Å². The molecule has 0 aliphatic rings. The maximum atomic E-state index is 5.94. The molecule has 0 aliphatic carbocycles. The highest BCUT2D eigenvalue weighted by atomic mass is 32.1. The number of thiophene rings is 1. The number of ether oxygens (including phenoxy) is 1. The standard InChI is InChI=1S/C17H24N2OS/c1-4-7-20-16-10-14(18)9-15(11-16)19-12(2)8-17-6-5-13(3)21-17/h5-6,9-12,19H,4,7-8,18H2,1-3H3. The largest absolute Gasteiger partial charge is 0.493 e. The second-order valence-electron chi connectivity index (χ2n) is 5.40. The Morgan fingerprint density at radius 1 is 1.29 bits per heavy atom. The predicted molar refractivity (Wildman–Crippen MR) is 92.5 cm³/mol. The molecule has 0 radical (unpaired) electrons. The molecule has 0 saturated carbocycles. The zero-order valence-electron chi connectivity index (χ0n) is 13.0. The molecule has 21 heavy (non-hydrogen) atoms. The fraction of sp³-hybridized carbons (Fsp3) is 0.412. The van der Waals surface area contributed by atoms with Crippen molar-refractivity contribution in [1.29, 1.82) is 0 Å². The van der Waals surface area contributed by atoms with Crippen LogP contribution in [0.1, 0.15) is 30.0 Å². The zero-order chi connectivity index (χ0) is 15.2. The molecule has 4 heteroatoms. The third kappa shape index (κ3) is 4.97. The van der Waals surface area contributed by atoms with Gasteiger partial charge < -0.3 is 15.8 Å². The minimum Gasteiger partial charge on any atom is -0.493 e. The molecule has 0 amide bonds. The summed E-state index contributed by atoms with van der Waals surface area (Å²) in [5, 5.41) is 3.50. The molecular weight excluding hydrogens is 280 g/mol. The van der Waals surface area contributed by atoms with Crippen molar-refractivity contribution in [1.82, 2.24) is 0 Å². The topological polar surface area (TPSA) is 47.3 Å². The van der Waals surface area contributed by atoms with Gasteiger partial charge in [-0.3, -0.25) is 0 Å². The molecule has 0 bridgehead atoms. The van der Waals surface area contributed by atoms with Crippen molar-refractivity contribution in [3.63, 3.8) is 0 Å². The van der Waals surface area contributed by atoms with E-state index in [9.17, 15) is 0 Å². The van der Waals surface area contributed by atoms with Crippen LogP contribution >= 0.6 is 11.3 Å². The van der Waals surface area contributed by atoms with E-state index in [2.05, 4.69) is 38.2 Å². The highest BCUT2D eigenvalue weighted by Gasteiger charge is 2.07. The summed E-state index contributed by atoms with van der Waals surface area (Å²) in [5.41, 5.74) is 7.69. The lowest BCUT2D eigenvalue weighted by Crippen LogP contribution is -2.17. The van der Waals surface area contributed by atoms with E-state index >= 15 is 0 Å². The van der Waals surface area contributed by atoms with Gasteiger partial charge in [0.15, 0.2) is 0 Å². The molecule has 0 aliphatic heterocycles. The van der Waals surface area contributed by atoms with Gasteiger partial charge >= 0.3 is 0 Å². The van der Waals surface area contributed by atoms with E-state index in [1.807, 2.05) is 29.5 Å². The molecular formula is C17H24N2OS. The summed E-state index contributed by atoms with van der Waals surface area (Å²) < 4.78 is 5.66. The van der Waals surface area contributed by atoms with E-state index in [-0.39, 0.29) is 0 Å². The summed E-state index contributed by atoms with van der Waals surface area (Å²) >= 11 is 1.85. The Labute approximate surface area is 131 Å². The molecule has 0 saturated heterocycles. The first-order valence-corrected chi connectivity index (χ1v) is 8.23. The minimum absolute atomic E-state index is 0.351. The first kappa shape index (κ1) is 15.7. The lowest BCUT2D eigenvalue weighted by atomic mass is 10.2. The quantitative estimate of drug-likeness (QED) is 0.742. The maximum Gasteiger partial charge on any atom is 0.123 e. The molecule has 0 fully saturated rings. The van der Waals surface area contributed by atoms with Crippen molar-refractivity contribution < 1.29 is 4.74 Å². The second-order valence-corrected chi connectivity index (χ2v) is 6.77. The summed E-state index contributed by atoms with van der Waals surface area (Å²) in [6, 6.07) is 10.6. The number of anilines is 2. The molecule has 1 atom stereocenters. The molecule has 2 rings (SSSR count). The summed E-state index contributed by atoms with van der Waals surface area (Å²) in [5.74, 6) is 0.832. The van der Waals surface area contributed by atoms with Gasteiger partial charge in [-0.1, -0.05) is 6.92 Å². The van der Waals surface area contributed by atoms with E-state index in [0.717, 1.165) is 30.0 Å². The number of hydrogen-bond acceptors (Lipinski definition) is 4. The summed E-state index contributed by atoms with van der Waals surface area (Å²) in [4.78, 5) is 2.76. The van der Waals surface area contributed by atoms with E-state index in [1.54, 1.807) is 0 Å². The van der Waals surface area contributed by atoms with Gasteiger partial charge in [-0.25, -0.2) is 0 Å². The van der Waals surface area contributed by atoms with Crippen LogP contribution in [-0.2, 0) is 6.42 Å². The van der Waals surface area contributed by atoms with Gasteiger partial charge in [-0.2, -0.15) is 0 Å². The van der Waals surface area contributed by atoms with E-state index < -0.39 is 0 Å². The number of benzene rings is 1. The van der Waals surface area contributed by atoms with E-state index in [4.69, 9.17) is 10.5 Å². The third-order valence-corrected chi connectivity index (χ3v) is 4.14. The SMILES string of the molecule is CCCOc1cc(N)cc(NC(C)Cc2ccc(C)s2)c1. The average Bonchev–Trinajstić information content (AvgIpc) is 2.80. The number of nitrogens with two attached hydrogens (primary N) is 1. The van der Waals surface area contributed by atoms with Gasteiger partial charge in [-0.15, -0.1) is 11.3 Å². The van der Waals surface area contributed by atoms with Gasteiger partial charge in [0.25, 0.3) is 0 Å². The number of aryl methyl sites for hydroxylation is 1. The van der Waals surface area contributed by atoms with Crippen LogP contribution in [0.25, 0.3) is 0 Å². The maximum absolute atomic E-state index is 5.94. The smallest absolute Gasteiger partial charge is 0.123 e. The normalized spacial score (nSPS) is 12.1. The highest BCUT2D eigenvalue weighted by Crippen LogP contribution is 2.24. The van der Waals surface area contributed by atoms with Crippen molar-refractivity contribution in [2.45, 2.75) is 39.7 Å². The van der Waals surface area contributed by atoms with Crippen LogP contribution in [0, 0.1) is 6.92 Å². The minimum atomic E-state index is 0.351. The fourth-order valence-corrected chi connectivity index (χ4v) is 3.26. The first-order chi connectivity index (χ1) is 10.1. The highest BCUT2D eigenvalue weighted by molar-refractivity contribution is 7.11. The van der Waals surface area contributed by atoms with E-state index in [0.29, 0.717) is 12.6 Å². The molecule has 3 N–H and O–H groups in total. The number of rotatable bonds is 7. The molecule has 114 valence electrons. The predicted octanol–water partition coefficient (Wildman–Crippen LogP) is 4.47. The Morgan fingerprint density at radius 3 is 2.76 bits per heavy atom. The Morgan fingerprint density at radius 2 is 2.10 bits per heavy atom. The Hall–Kier alpha value is -1.68. The van der Waals surface area contributed by atoms with Crippen molar-refractivity contribution in [2.75, 3.05) is 17.7 Å². The first-order valence-electron chi connectivity index (χ1n) is 7.42. The fourth-order valence-electron chi connectivity index (χ4n) is 2.24. The lowest BCUT2D eigenvalue weighted by molar-refractivity contribution is 0.318. The molecule has 3 nitrogen and oxygen atoms in total. The van der Waals surface area contributed by atoms with Crippen LogP contribution in [0.2, 0.25) is 0 Å². The van der Waals surface area contributed by atoms with Gasteiger partial charge in [-0.05, 0) is 38.5 Å². The monoisotopic (exact) mass is 304 g/mol. The summed E-state index contributed by atoms with van der Waals surface area (Å²) in [7, 11) is 0. The van der Waals surface area contributed by atoms with Crippen LogP contribution in [-0.4, -0.2) is 12.6 Å². The zero-order valence-corrected chi connectivity index (χ0v) is 13.8. The van der Waals surface area contributed by atoms with Crippen LogP contribution in [0.5, 0.6) is 5.75 Å². The Bertz CT molecular complexity index is 580.